The first kappa shape index (κ1) is 16.3. The van der Waals surface area contributed by atoms with Gasteiger partial charge in [-0.1, -0.05) is 17.4 Å². The van der Waals surface area contributed by atoms with Crippen LogP contribution in [0.2, 0.25) is 0 Å². The van der Waals surface area contributed by atoms with Crippen LogP contribution in [0.15, 0.2) is 29.6 Å². The zero-order chi connectivity index (χ0) is 16.1. The predicted molar refractivity (Wildman–Crippen MR) is 85.7 cm³/mol. The summed E-state index contributed by atoms with van der Waals surface area (Å²) < 4.78 is 10.6. The first-order valence-electron chi connectivity index (χ1n) is 6.64. The van der Waals surface area contributed by atoms with Gasteiger partial charge in [-0.15, -0.1) is 0 Å². The average Bonchev–Trinajstić information content (AvgIpc) is 2.96. The quantitative estimate of drug-likeness (QED) is 0.578. The summed E-state index contributed by atoms with van der Waals surface area (Å²) in [6.45, 7) is 1.32. The number of methoxy groups -OCH3 is 2. The number of benzene rings is 1. The second kappa shape index (κ2) is 7.24. The van der Waals surface area contributed by atoms with Crippen molar-refractivity contribution < 1.29 is 14.4 Å². The highest BCUT2D eigenvalue weighted by Crippen LogP contribution is 2.27. The molecule has 1 heterocycles. The van der Waals surface area contributed by atoms with Crippen LogP contribution < -0.4 is 9.47 Å². The first-order chi connectivity index (χ1) is 10.5. The summed E-state index contributed by atoms with van der Waals surface area (Å²) in [7, 11) is 5.21. The Bertz CT molecular complexity index is 657. The van der Waals surface area contributed by atoms with Crippen molar-refractivity contribution in [3.63, 3.8) is 0 Å². The van der Waals surface area contributed by atoms with Crippen LogP contribution in [0.1, 0.15) is 11.1 Å². The van der Waals surface area contributed by atoms with Crippen LogP contribution in [-0.4, -0.2) is 31.1 Å². The van der Waals surface area contributed by atoms with E-state index in [-0.39, 0.29) is 9.92 Å². The first-order valence-corrected chi connectivity index (χ1v) is 7.52. The number of hydrogen-bond donors (Lipinski definition) is 0. The molecule has 0 unspecified atom stereocenters. The molecule has 118 valence electrons. The maximum atomic E-state index is 10.7. The largest absolute Gasteiger partial charge is 0.497 e. The topological polar surface area (TPSA) is 64.8 Å². The lowest BCUT2D eigenvalue weighted by Crippen LogP contribution is -2.17. The van der Waals surface area contributed by atoms with Gasteiger partial charge in [0, 0.05) is 36.2 Å². The number of nitrogens with zero attached hydrogens (tertiary/aromatic N) is 2. The summed E-state index contributed by atoms with van der Waals surface area (Å²) in [4.78, 5) is 12.4. The van der Waals surface area contributed by atoms with Gasteiger partial charge in [0.05, 0.1) is 19.1 Å². The fraction of sp³-hybridized carbons (Fsp3) is 0.333. The molecule has 0 aliphatic heterocycles. The Labute approximate surface area is 133 Å². The summed E-state index contributed by atoms with van der Waals surface area (Å²) in [6, 6.07) is 7.32. The summed E-state index contributed by atoms with van der Waals surface area (Å²) in [5, 5.41) is 12.7. The molecule has 0 saturated heterocycles. The molecule has 2 rings (SSSR count). The van der Waals surface area contributed by atoms with Crippen LogP contribution in [-0.2, 0) is 13.1 Å². The van der Waals surface area contributed by atoms with Gasteiger partial charge in [0.1, 0.15) is 11.5 Å². The molecule has 0 saturated carbocycles. The lowest BCUT2D eigenvalue weighted by atomic mass is 10.1. The van der Waals surface area contributed by atoms with Crippen molar-refractivity contribution in [2.45, 2.75) is 13.1 Å². The second-order valence-electron chi connectivity index (χ2n) is 4.90. The van der Waals surface area contributed by atoms with Crippen molar-refractivity contribution >= 4 is 16.3 Å². The molecule has 1 aromatic carbocycles. The molecular formula is C15H18N2O4S. The summed E-state index contributed by atoms with van der Waals surface area (Å²) in [6.07, 6.45) is 0. The monoisotopic (exact) mass is 322 g/mol. The van der Waals surface area contributed by atoms with E-state index in [0.717, 1.165) is 34.0 Å². The molecule has 0 N–H and O–H groups in total. The van der Waals surface area contributed by atoms with E-state index >= 15 is 0 Å². The van der Waals surface area contributed by atoms with Crippen molar-refractivity contribution in [3.05, 3.63) is 50.9 Å². The van der Waals surface area contributed by atoms with E-state index in [0.29, 0.717) is 13.1 Å². The third-order valence-corrected chi connectivity index (χ3v) is 4.14. The Balaban J connectivity index is 2.04. The van der Waals surface area contributed by atoms with Crippen LogP contribution in [0.25, 0.3) is 0 Å². The van der Waals surface area contributed by atoms with E-state index < -0.39 is 0 Å². The molecule has 2 aromatic rings. The van der Waals surface area contributed by atoms with E-state index in [1.807, 2.05) is 30.6 Å². The molecule has 0 aliphatic carbocycles. The molecule has 0 fully saturated rings. The molecule has 7 heteroatoms. The second-order valence-corrected chi connectivity index (χ2v) is 5.79. The van der Waals surface area contributed by atoms with Gasteiger partial charge in [-0.3, -0.25) is 15.0 Å². The maximum absolute atomic E-state index is 10.7. The lowest BCUT2D eigenvalue weighted by Gasteiger charge is -2.18. The van der Waals surface area contributed by atoms with E-state index in [9.17, 15) is 10.1 Å². The van der Waals surface area contributed by atoms with Gasteiger partial charge >= 0.3 is 5.00 Å². The minimum atomic E-state index is -0.360. The van der Waals surface area contributed by atoms with E-state index in [4.69, 9.17) is 9.47 Å². The van der Waals surface area contributed by atoms with Crippen molar-refractivity contribution in [1.29, 1.82) is 0 Å². The molecule has 22 heavy (non-hydrogen) atoms. The van der Waals surface area contributed by atoms with Crippen molar-refractivity contribution in [1.82, 2.24) is 4.90 Å². The molecule has 0 atom stereocenters. The Hall–Kier alpha value is -2.12. The Morgan fingerprint density at radius 1 is 1.23 bits per heavy atom. The zero-order valence-corrected chi connectivity index (χ0v) is 13.6. The van der Waals surface area contributed by atoms with Crippen LogP contribution >= 0.6 is 11.3 Å². The summed E-state index contributed by atoms with van der Waals surface area (Å²) in [5.41, 5.74) is 1.97. The predicted octanol–water partition coefficient (Wildman–Crippen LogP) is 3.31. The van der Waals surface area contributed by atoms with E-state index in [2.05, 4.69) is 4.90 Å². The highest BCUT2D eigenvalue weighted by atomic mass is 32.1. The van der Waals surface area contributed by atoms with Crippen molar-refractivity contribution in [2.75, 3.05) is 21.3 Å². The number of nitro groups is 1. The van der Waals surface area contributed by atoms with Gasteiger partial charge in [0.25, 0.3) is 0 Å². The standard InChI is InChI=1S/C15H18N2O4S/c1-16(8-11-6-15(17(18)19)22-10-11)9-12-4-5-13(20-2)7-14(12)21-3/h4-7,10H,8-9H2,1-3H3. The van der Waals surface area contributed by atoms with Gasteiger partial charge in [0.15, 0.2) is 0 Å². The molecule has 0 spiro atoms. The Morgan fingerprint density at radius 3 is 2.59 bits per heavy atom. The molecular weight excluding hydrogens is 304 g/mol. The van der Waals surface area contributed by atoms with Crippen LogP contribution in [0, 0.1) is 10.1 Å². The van der Waals surface area contributed by atoms with Gasteiger partial charge in [-0.05, 0) is 18.7 Å². The third kappa shape index (κ3) is 3.96. The minimum absolute atomic E-state index is 0.172. The van der Waals surface area contributed by atoms with Gasteiger partial charge in [0.2, 0.25) is 0 Å². The highest BCUT2D eigenvalue weighted by Gasteiger charge is 2.12. The lowest BCUT2D eigenvalue weighted by molar-refractivity contribution is -0.380. The van der Waals surface area contributed by atoms with E-state index in [1.54, 1.807) is 20.3 Å². The molecule has 1 aromatic heterocycles. The van der Waals surface area contributed by atoms with Gasteiger partial charge < -0.3 is 9.47 Å². The summed E-state index contributed by atoms with van der Waals surface area (Å²) >= 11 is 1.15. The molecule has 0 amide bonds. The number of thiophene rings is 1. The van der Waals surface area contributed by atoms with Crippen LogP contribution in [0.4, 0.5) is 5.00 Å². The van der Waals surface area contributed by atoms with Crippen molar-refractivity contribution in [3.8, 4) is 11.5 Å². The number of hydrogen-bond acceptors (Lipinski definition) is 6. The maximum Gasteiger partial charge on any atom is 0.324 e. The highest BCUT2D eigenvalue weighted by molar-refractivity contribution is 7.13. The summed E-state index contributed by atoms with van der Waals surface area (Å²) in [5.74, 6) is 1.51. The van der Waals surface area contributed by atoms with Gasteiger partial charge in [-0.2, -0.15) is 0 Å². The molecule has 0 bridgehead atoms. The average molecular weight is 322 g/mol. The fourth-order valence-electron chi connectivity index (χ4n) is 2.18. The molecule has 6 nitrogen and oxygen atoms in total. The Morgan fingerprint density at radius 2 is 2.00 bits per heavy atom. The minimum Gasteiger partial charge on any atom is -0.497 e. The number of rotatable bonds is 7. The normalized spacial score (nSPS) is 10.7. The van der Waals surface area contributed by atoms with Crippen LogP contribution in [0.5, 0.6) is 11.5 Å². The zero-order valence-electron chi connectivity index (χ0n) is 12.7. The third-order valence-electron chi connectivity index (χ3n) is 3.21. The van der Waals surface area contributed by atoms with Crippen molar-refractivity contribution in [2.24, 2.45) is 0 Å². The smallest absolute Gasteiger partial charge is 0.324 e. The molecule has 0 radical (unpaired) electrons. The fourth-order valence-corrected chi connectivity index (χ4v) is 2.90. The Kier molecular flexibility index (Phi) is 5.35. The molecule has 0 aliphatic rings. The SMILES string of the molecule is COc1ccc(CN(C)Cc2csc([N+](=O)[O-])c2)c(OC)c1. The van der Waals surface area contributed by atoms with E-state index in [1.165, 1.54) is 0 Å². The van der Waals surface area contributed by atoms with Gasteiger partial charge in [-0.25, -0.2) is 0 Å². The number of ether oxygens (including phenoxy) is 2. The van der Waals surface area contributed by atoms with Crippen LogP contribution in [0.3, 0.4) is 0 Å².